The second-order valence-corrected chi connectivity index (χ2v) is 15.1. The van der Waals surface area contributed by atoms with Crippen molar-refractivity contribution in [2.75, 3.05) is 13.7 Å². The third-order valence-electron chi connectivity index (χ3n) is 11.3. The molecule has 5 aliphatic rings. The Morgan fingerprint density at radius 3 is 2.12 bits per heavy atom. The number of hydrogen-bond acceptors (Lipinski definition) is 7. The Balaban J connectivity index is 1.29. The van der Waals surface area contributed by atoms with E-state index in [1.54, 1.807) is 31.5 Å². The number of aromatic nitrogens is 1. The van der Waals surface area contributed by atoms with Gasteiger partial charge < -0.3 is 20.1 Å². The van der Waals surface area contributed by atoms with E-state index in [2.05, 4.69) is 10.3 Å². The van der Waals surface area contributed by atoms with E-state index in [4.69, 9.17) is 4.74 Å². The van der Waals surface area contributed by atoms with Gasteiger partial charge in [-0.3, -0.25) is 19.5 Å². The fraction of sp³-hybridized carbons (Fsp3) is 0.568. The van der Waals surface area contributed by atoms with Crippen LogP contribution >= 0.6 is 0 Å². The molecule has 4 aliphatic carbocycles. The van der Waals surface area contributed by atoms with E-state index in [1.165, 1.54) is 16.9 Å². The van der Waals surface area contributed by atoms with E-state index in [-0.39, 0.29) is 18.9 Å². The molecule has 7 rings (SSSR count). The third-order valence-corrected chi connectivity index (χ3v) is 11.3. The second kappa shape index (κ2) is 13.4. The van der Waals surface area contributed by atoms with Crippen LogP contribution in [0.15, 0.2) is 54.9 Å². The first kappa shape index (κ1) is 34.4. The number of carboxylic acid groups (broad SMARTS) is 1. The number of carbonyl (C=O) groups is 5. The Bertz CT molecular complexity index is 1550. The monoisotopic (exact) mass is 673 g/mol. The van der Waals surface area contributed by atoms with Crippen molar-refractivity contribution in [3.8, 4) is 0 Å². The fourth-order valence-corrected chi connectivity index (χ4v) is 9.47. The van der Waals surface area contributed by atoms with E-state index in [0.29, 0.717) is 42.6 Å². The van der Waals surface area contributed by atoms with Gasteiger partial charge in [0, 0.05) is 31.0 Å². The molecule has 1 saturated heterocycles. The van der Waals surface area contributed by atoms with Crippen LogP contribution in [0.25, 0.3) is 0 Å². The summed E-state index contributed by atoms with van der Waals surface area (Å²) in [4.78, 5) is 77.3. The highest BCUT2D eigenvalue weighted by Crippen LogP contribution is 2.58. The summed E-state index contributed by atoms with van der Waals surface area (Å²) in [5.74, 6) is -1.28. The number of amides is 5. The number of nitrogens with one attached hydrogen (secondary N) is 1. The Labute approximate surface area is 287 Å². The van der Waals surface area contributed by atoms with Gasteiger partial charge in [0.2, 0.25) is 5.91 Å². The zero-order valence-electron chi connectivity index (χ0n) is 28.7. The summed E-state index contributed by atoms with van der Waals surface area (Å²) < 4.78 is 5.18. The molecule has 49 heavy (non-hydrogen) atoms. The SMILES string of the molecule is COC(=O)N([C@@H](CNC(=O)C(CC(C)C)N1C(=O)N(Cc2ccccc2)C(C)(c2ccncc2)C1=O)C(=O)O)C12CC3CC(CC(C3)C1)C2. The van der Waals surface area contributed by atoms with Crippen molar-refractivity contribution < 1.29 is 33.8 Å². The van der Waals surface area contributed by atoms with E-state index < -0.39 is 59.6 Å². The average molecular weight is 674 g/mol. The molecule has 262 valence electrons. The number of urea groups is 1. The zero-order valence-corrected chi connectivity index (χ0v) is 28.7. The molecular formula is C37H47N5O7. The van der Waals surface area contributed by atoms with E-state index >= 15 is 0 Å². The molecule has 1 aliphatic heterocycles. The van der Waals surface area contributed by atoms with Crippen molar-refractivity contribution in [1.29, 1.82) is 0 Å². The van der Waals surface area contributed by atoms with Crippen molar-refractivity contribution in [1.82, 2.24) is 25.0 Å². The molecule has 1 aromatic heterocycles. The molecule has 0 spiro atoms. The Morgan fingerprint density at radius 1 is 1.00 bits per heavy atom. The number of nitrogens with zero attached hydrogens (tertiary/aromatic N) is 4. The van der Waals surface area contributed by atoms with Gasteiger partial charge in [-0.1, -0.05) is 44.2 Å². The molecule has 2 N–H and O–H groups in total. The number of rotatable bonds is 12. The zero-order chi connectivity index (χ0) is 35.1. The number of carboxylic acids is 1. The summed E-state index contributed by atoms with van der Waals surface area (Å²) >= 11 is 0. The van der Waals surface area contributed by atoms with Gasteiger partial charge in [-0.2, -0.15) is 0 Å². The van der Waals surface area contributed by atoms with Crippen LogP contribution < -0.4 is 5.32 Å². The van der Waals surface area contributed by atoms with Crippen LogP contribution in [0.2, 0.25) is 0 Å². The van der Waals surface area contributed by atoms with Crippen LogP contribution in [0.3, 0.4) is 0 Å². The lowest BCUT2D eigenvalue weighted by atomic mass is 9.52. The minimum atomic E-state index is -1.44. The van der Waals surface area contributed by atoms with Crippen LogP contribution in [0.1, 0.15) is 76.8 Å². The third kappa shape index (κ3) is 6.25. The maximum absolute atomic E-state index is 14.5. The molecule has 5 amide bonds. The van der Waals surface area contributed by atoms with Crippen molar-refractivity contribution >= 4 is 29.9 Å². The number of imide groups is 1. The first-order valence-electron chi connectivity index (χ1n) is 17.4. The van der Waals surface area contributed by atoms with E-state index in [1.807, 2.05) is 44.2 Å². The summed E-state index contributed by atoms with van der Waals surface area (Å²) in [6.45, 7) is 5.18. The summed E-state index contributed by atoms with van der Waals surface area (Å²) in [6.07, 6.45) is 7.97. The molecule has 5 fully saturated rings. The molecule has 3 atom stereocenters. The lowest BCUT2D eigenvalue weighted by Crippen LogP contribution is -2.67. The Hall–Kier alpha value is -4.48. The summed E-state index contributed by atoms with van der Waals surface area (Å²) in [5, 5.41) is 13.3. The van der Waals surface area contributed by atoms with Crippen molar-refractivity contribution in [2.45, 2.75) is 95.4 Å². The van der Waals surface area contributed by atoms with E-state index in [0.717, 1.165) is 29.7 Å². The van der Waals surface area contributed by atoms with Crippen LogP contribution in [0, 0.1) is 23.7 Å². The molecule has 4 bridgehead atoms. The maximum Gasteiger partial charge on any atom is 0.410 e. The van der Waals surface area contributed by atoms with Gasteiger partial charge in [-0.15, -0.1) is 0 Å². The fourth-order valence-electron chi connectivity index (χ4n) is 9.47. The van der Waals surface area contributed by atoms with Gasteiger partial charge in [0.05, 0.1) is 7.11 Å². The molecule has 0 radical (unpaired) electrons. The predicted octanol–water partition coefficient (Wildman–Crippen LogP) is 4.78. The summed E-state index contributed by atoms with van der Waals surface area (Å²) in [5.41, 5.74) is -0.724. The molecule has 2 unspecified atom stereocenters. The van der Waals surface area contributed by atoms with E-state index in [9.17, 15) is 29.1 Å². The molecule has 2 heterocycles. The van der Waals surface area contributed by atoms with Crippen LogP contribution in [0.4, 0.5) is 9.59 Å². The minimum Gasteiger partial charge on any atom is -0.480 e. The van der Waals surface area contributed by atoms with Gasteiger partial charge in [-0.05, 0) is 98.8 Å². The molecule has 12 nitrogen and oxygen atoms in total. The van der Waals surface area contributed by atoms with Crippen LogP contribution in [-0.4, -0.2) is 86.0 Å². The number of methoxy groups -OCH3 is 1. The molecule has 1 aromatic carbocycles. The van der Waals surface area contributed by atoms with Gasteiger partial charge in [-0.25, -0.2) is 19.3 Å². The van der Waals surface area contributed by atoms with Gasteiger partial charge in [0.1, 0.15) is 11.6 Å². The lowest BCUT2D eigenvalue weighted by Gasteiger charge is -2.60. The average Bonchev–Trinajstić information content (AvgIpc) is 3.25. The number of ether oxygens (including phenoxy) is 1. The highest BCUT2D eigenvalue weighted by atomic mass is 16.5. The number of carbonyl (C=O) groups excluding carboxylic acids is 4. The van der Waals surface area contributed by atoms with Gasteiger partial charge in [0.25, 0.3) is 5.91 Å². The quantitative estimate of drug-likeness (QED) is 0.306. The number of pyridine rings is 1. The first-order chi connectivity index (χ1) is 23.4. The topological polar surface area (TPSA) is 149 Å². The lowest BCUT2D eigenvalue weighted by molar-refractivity contribution is -0.152. The molecule has 2 aromatic rings. The van der Waals surface area contributed by atoms with Crippen LogP contribution in [0.5, 0.6) is 0 Å². The van der Waals surface area contributed by atoms with Crippen molar-refractivity contribution in [3.63, 3.8) is 0 Å². The smallest absolute Gasteiger partial charge is 0.410 e. The summed E-state index contributed by atoms with van der Waals surface area (Å²) in [7, 11) is 1.25. The van der Waals surface area contributed by atoms with Gasteiger partial charge in [0.15, 0.2) is 6.04 Å². The maximum atomic E-state index is 14.5. The van der Waals surface area contributed by atoms with Crippen molar-refractivity contribution in [3.05, 3.63) is 66.0 Å². The van der Waals surface area contributed by atoms with Gasteiger partial charge >= 0.3 is 18.1 Å². The first-order valence-corrected chi connectivity index (χ1v) is 17.4. The van der Waals surface area contributed by atoms with Crippen molar-refractivity contribution in [2.24, 2.45) is 23.7 Å². The number of hydrogen-bond donors (Lipinski definition) is 2. The summed E-state index contributed by atoms with van der Waals surface area (Å²) in [6, 6.07) is 9.46. The second-order valence-electron chi connectivity index (χ2n) is 15.1. The predicted molar refractivity (Wildman–Crippen MR) is 179 cm³/mol. The number of aliphatic carboxylic acids is 1. The van der Waals surface area contributed by atoms with Crippen LogP contribution in [-0.2, 0) is 31.2 Å². The Morgan fingerprint density at radius 2 is 1.59 bits per heavy atom. The highest BCUT2D eigenvalue weighted by molar-refractivity contribution is 6.10. The molecular weight excluding hydrogens is 626 g/mol. The largest absolute Gasteiger partial charge is 0.480 e. The number of benzene rings is 1. The minimum absolute atomic E-state index is 0.0967. The highest BCUT2D eigenvalue weighted by Gasteiger charge is 2.59. The normalized spacial score (nSPS) is 28.5. The molecule has 4 saturated carbocycles. The Kier molecular flexibility index (Phi) is 9.43. The molecule has 12 heteroatoms. The standard InChI is InChI=1S/C37H47N5O7/c1-23(2)14-29(41-33(46)36(3,28-10-12-38-13-11-28)40(34(41)47)22-24-8-6-5-7-9-24)31(43)39-21-30(32(44)45)42(35(48)49-4)37-18-25-15-26(19-37)17-27(16-25)20-37/h5-13,23,25-27,29-30H,14-22H2,1-4H3,(H,39,43)(H,44,45)/t25?,26?,27?,29?,30-,36?,37?/m0/s1.